The van der Waals surface area contributed by atoms with Gasteiger partial charge in [-0.15, -0.1) is 0 Å². The highest BCUT2D eigenvalue weighted by molar-refractivity contribution is 5.91. The maximum Gasteiger partial charge on any atom is 0.246 e. The summed E-state index contributed by atoms with van der Waals surface area (Å²) in [4.78, 5) is 24.0. The van der Waals surface area contributed by atoms with Crippen molar-refractivity contribution in [1.29, 1.82) is 0 Å². The fraction of sp³-hybridized carbons (Fsp3) is 0.375. The number of imidazole rings is 1. The molecule has 0 N–H and O–H groups in total. The minimum absolute atomic E-state index is 0.0617. The second kappa shape index (κ2) is 9.11. The summed E-state index contributed by atoms with van der Waals surface area (Å²) in [6.07, 6.45) is 9.19. The largest absolute Gasteiger partial charge is 0.497 e. The lowest BCUT2D eigenvalue weighted by Crippen LogP contribution is -2.38. The molecular weight excluding hydrogens is 376 g/mol. The quantitative estimate of drug-likeness (QED) is 0.576. The molecule has 0 atom stereocenters. The van der Waals surface area contributed by atoms with Crippen LogP contribution in [0.2, 0.25) is 0 Å². The summed E-state index contributed by atoms with van der Waals surface area (Å²) in [7, 11) is 1.64. The van der Waals surface area contributed by atoms with Crippen molar-refractivity contribution in [3.05, 3.63) is 60.1 Å². The Bertz CT molecular complexity index is 1030. The predicted octanol–water partition coefficient (Wildman–Crippen LogP) is 4.27. The second-order valence-corrected chi connectivity index (χ2v) is 7.66. The Labute approximate surface area is 177 Å². The van der Waals surface area contributed by atoms with E-state index in [1.807, 2.05) is 53.6 Å². The molecule has 1 aliphatic heterocycles. The van der Waals surface area contributed by atoms with Crippen LogP contribution in [0.15, 0.2) is 48.7 Å². The normalized spacial score (nSPS) is 15.2. The average molecular weight is 405 g/mol. The number of likely N-dealkylation sites (tertiary alicyclic amines) is 1. The number of hydrogen-bond donors (Lipinski definition) is 0. The van der Waals surface area contributed by atoms with Gasteiger partial charge >= 0.3 is 0 Å². The molecule has 0 aliphatic carbocycles. The number of piperidine rings is 1. The molecule has 3 aromatic rings. The van der Waals surface area contributed by atoms with Crippen molar-refractivity contribution < 1.29 is 9.53 Å². The zero-order valence-electron chi connectivity index (χ0n) is 17.6. The molecule has 30 heavy (non-hydrogen) atoms. The van der Waals surface area contributed by atoms with Crippen molar-refractivity contribution in [2.75, 3.05) is 20.2 Å². The van der Waals surface area contributed by atoms with E-state index >= 15 is 0 Å². The SMILES string of the molecule is CCCc1nc2cccnc2n1C1CCN(C(=O)/C=C/c2ccc(OC)cc2)CC1. The van der Waals surface area contributed by atoms with Crippen LogP contribution in [0.25, 0.3) is 17.2 Å². The molecule has 1 aromatic carbocycles. The first-order valence-electron chi connectivity index (χ1n) is 10.6. The third-order valence-corrected chi connectivity index (χ3v) is 5.67. The van der Waals surface area contributed by atoms with Crippen molar-refractivity contribution in [2.24, 2.45) is 0 Å². The standard InChI is InChI=1S/C24H28N4O2/c1-3-5-22-26-21-6-4-15-25-24(21)28(22)19-13-16-27(17-14-19)23(29)12-9-18-7-10-20(30-2)11-8-18/h4,6-12,15,19H,3,5,13-14,16-17H2,1-2H3/b12-9+. The van der Waals surface area contributed by atoms with Crippen LogP contribution in [0.5, 0.6) is 5.75 Å². The summed E-state index contributed by atoms with van der Waals surface area (Å²) in [5, 5.41) is 0. The fourth-order valence-corrected chi connectivity index (χ4v) is 4.09. The average Bonchev–Trinajstić information content (AvgIpc) is 3.16. The van der Waals surface area contributed by atoms with Crippen LogP contribution < -0.4 is 4.74 Å². The van der Waals surface area contributed by atoms with Crippen molar-refractivity contribution in [2.45, 2.75) is 38.6 Å². The Morgan fingerprint density at radius 2 is 1.97 bits per heavy atom. The molecule has 156 valence electrons. The van der Waals surface area contributed by atoms with Crippen molar-refractivity contribution in [1.82, 2.24) is 19.4 Å². The summed E-state index contributed by atoms with van der Waals surface area (Å²) >= 11 is 0. The number of aryl methyl sites for hydroxylation is 1. The number of rotatable bonds is 6. The summed E-state index contributed by atoms with van der Waals surface area (Å²) in [6.45, 7) is 3.66. The summed E-state index contributed by atoms with van der Waals surface area (Å²) in [5.74, 6) is 1.98. The Morgan fingerprint density at radius 1 is 1.20 bits per heavy atom. The number of pyridine rings is 1. The lowest BCUT2D eigenvalue weighted by atomic mass is 10.0. The highest BCUT2D eigenvalue weighted by atomic mass is 16.5. The second-order valence-electron chi connectivity index (χ2n) is 7.66. The number of carbonyl (C=O) groups is 1. The molecule has 0 saturated carbocycles. The van der Waals surface area contributed by atoms with Crippen LogP contribution in [0, 0.1) is 0 Å². The number of hydrogen-bond acceptors (Lipinski definition) is 4. The van der Waals surface area contributed by atoms with Crippen molar-refractivity contribution >= 4 is 23.1 Å². The van der Waals surface area contributed by atoms with Crippen LogP contribution in [0.4, 0.5) is 0 Å². The van der Waals surface area contributed by atoms with E-state index < -0.39 is 0 Å². The number of amides is 1. The van der Waals surface area contributed by atoms with Gasteiger partial charge in [-0.05, 0) is 55.2 Å². The maximum atomic E-state index is 12.7. The third-order valence-electron chi connectivity index (χ3n) is 5.67. The molecule has 0 bridgehead atoms. The zero-order chi connectivity index (χ0) is 20.9. The topological polar surface area (TPSA) is 60.2 Å². The number of methoxy groups -OCH3 is 1. The molecule has 6 heteroatoms. The van der Waals surface area contributed by atoms with Gasteiger partial charge in [0.2, 0.25) is 5.91 Å². The number of ether oxygens (including phenoxy) is 1. The van der Waals surface area contributed by atoms with Crippen molar-refractivity contribution in [3.63, 3.8) is 0 Å². The number of carbonyl (C=O) groups excluding carboxylic acids is 1. The summed E-state index contributed by atoms with van der Waals surface area (Å²) in [6, 6.07) is 12.0. The first-order chi connectivity index (χ1) is 14.7. The molecule has 0 radical (unpaired) electrons. The first kappa shape index (κ1) is 20.1. The smallest absolute Gasteiger partial charge is 0.246 e. The molecule has 4 rings (SSSR count). The lowest BCUT2D eigenvalue weighted by molar-refractivity contribution is -0.127. The van der Waals surface area contributed by atoms with E-state index in [9.17, 15) is 4.79 Å². The zero-order valence-corrected chi connectivity index (χ0v) is 17.6. The van der Waals surface area contributed by atoms with Gasteiger partial charge in [0.25, 0.3) is 0 Å². The lowest BCUT2D eigenvalue weighted by Gasteiger charge is -2.33. The maximum absolute atomic E-state index is 12.7. The summed E-state index contributed by atoms with van der Waals surface area (Å²) in [5.41, 5.74) is 2.91. The highest BCUT2D eigenvalue weighted by Gasteiger charge is 2.26. The van der Waals surface area contributed by atoms with Crippen LogP contribution in [-0.2, 0) is 11.2 Å². The van der Waals surface area contributed by atoms with Crippen LogP contribution >= 0.6 is 0 Å². The monoisotopic (exact) mass is 404 g/mol. The fourth-order valence-electron chi connectivity index (χ4n) is 4.09. The highest BCUT2D eigenvalue weighted by Crippen LogP contribution is 2.28. The first-order valence-corrected chi connectivity index (χ1v) is 10.6. The van der Waals surface area contributed by atoms with Gasteiger partial charge in [-0.2, -0.15) is 0 Å². The molecule has 6 nitrogen and oxygen atoms in total. The molecular formula is C24H28N4O2. The molecule has 1 saturated heterocycles. The van der Waals surface area contributed by atoms with Gasteiger partial charge in [-0.3, -0.25) is 4.79 Å². The van der Waals surface area contributed by atoms with E-state index in [2.05, 4.69) is 16.5 Å². The van der Waals surface area contributed by atoms with E-state index in [0.717, 1.165) is 67.1 Å². The van der Waals surface area contributed by atoms with E-state index in [1.54, 1.807) is 13.2 Å². The van der Waals surface area contributed by atoms with E-state index in [4.69, 9.17) is 9.72 Å². The minimum atomic E-state index is 0.0617. The molecule has 0 unspecified atom stereocenters. The van der Waals surface area contributed by atoms with Gasteiger partial charge in [0.15, 0.2) is 5.65 Å². The van der Waals surface area contributed by atoms with Gasteiger partial charge in [0.1, 0.15) is 17.1 Å². The van der Waals surface area contributed by atoms with Crippen LogP contribution in [-0.4, -0.2) is 45.5 Å². The molecule has 3 heterocycles. The molecule has 0 spiro atoms. The van der Waals surface area contributed by atoms with Gasteiger partial charge in [0.05, 0.1) is 7.11 Å². The van der Waals surface area contributed by atoms with Gasteiger partial charge in [-0.25, -0.2) is 9.97 Å². The summed E-state index contributed by atoms with van der Waals surface area (Å²) < 4.78 is 7.48. The van der Waals surface area contributed by atoms with Crippen LogP contribution in [0.1, 0.15) is 43.6 Å². The van der Waals surface area contributed by atoms with Crippen LogP contribution in [0.3, 0.4) is 0 Å². The Kier molecular flexibility index (Phi) is 6.12. The number of aromatic nitrogens is 3. The molecule has 2 aromatic heterocycles. The molecule has 1 aliphatic rings. The van der Waals surface area contributed by atoms with E-state index in [1.165, 1.54) is 0 Å². The van der Waals surface area contributed by atoms with E-state index in [-0.39, 0.29) is 5.91 Å². The molecule has 1 fully saturated rings. The third kappa shape index (κ3) is 4.22. The predicted molar refractivity (Wildman–Crippen MR) is 118 cm³/mol. The molecule has 1 amide bonds. The number of nitrogens with zero attached hydrogens (tertiary/aromatic N) is 4. The Balaban J connectivity index is 1.42. The van der Waals surface area contributed by atoms with Gasteiger partial charge in [0, 0.05) is 37.8 Å². The van der Waals surface area contributed by atoms with E-state index in [0.29, 0.717) is 6.04 Å². The Hall–Kier alpha value is -3.15. The van der Waals surface area contributed by atoms with Crippen molar-refractivity contribution in [3.8, 4) is 5.75 Å². The minimum Gasteiger partial charge on any atom is -0.497 e. The number of fused-ring (bicyclic) bond motifs is 1. The van der Waals surface area contributed by atoms with Gasteiger partial charge in [-0.1, -0.05) is 19.1 Å². The number of benzene rings is 1. The van der Waals surface area contributed by atoms with Gasteiger partial charge < -0.3 is 14.2 Å². The Morgan fingerprint density at radius 3 is 2.67 bits per heavy atom.